The monoisotopic (exact) mass is 382 g/mol. The van der Waals surface area contributed by atoms with E-state index >= 15 is 0 Å². The van der Waals surface area contributed by atoms with Crippen LogP contribution < -0.4 is 10.9 Å². The molecular weight excluding hydrogens is 360 g/mol. The van der Waals surface area contributed by atoms with Gasteiger partial charge < -0.3 is 10.3 Å². The minimum Gasteiger partial charge on any atom is -0.361 e. The van der Waals surface area contributed by atoms with E-state index in [1.807, 2.05) is 31.3 Å². The summed E-state index contributed by atoms with van der Waals surface area (Å²) in [5.74, 6) is 0.686. The number of carbonyl (C=O) groups is 1. The Bertz CT molecular complexity index is 1040. The molecule has 27 heavy (non-hydrogen) atoms. The Morgan fingerprint density at radius 2 is 2.26 bits per heavy atom. The zero-order valence-electron chi connectivity index (χ0n) is 15.2. The lowest BCUT2D eigenvalue weighted by Crippen LogP contribution is -2.31. The van der Waals surface area contributed by atoms with Gasteiger partial charge in [0.05, 0.1) is 6.04 Å². The van der Waals surface area contributed by atoms with E-state index in [1.54, 1.807) is 22.4 Å². The van der Waals surface area contributed by atoms with Gasteiger partial charge >= 0.3 is 0 Å². The molecule has 1 atom stereocenters. The summed E-state index contributed by atoms with van der Waals surface area (Å²) in [6.45, 7) is 2.56. The maximum absolute atomic E-state index is 12.4. The minimum absolute atomic E-state index is 0.0280. The second-order valence-electron chi connectivity index (χ2n) is 6.72. The van der Waals surface area contributed by atoms with Gasteiger partial charge in [0.1, 0.15) is 0 Å². The van der Waals surface area contributed by atoms with Gasteiger partial charge in [0.2, 0.25) is 5.91 Å². The number of nitrogens with one attached hydrogen (secondary N) is 2. The molecule has 2 aromatic heterocycles. The first-order valence-electron chi connectivity index (χ1n) is 9.22. The first kappa shape index (κ1) is 17.9. The number of rotatable bonds is 6. The van der Waals surface area contributed by atoms with Crippen LogP contribution >= 0.6 is 11.8 Å². The molecule has 0 saturated heterocycles. The molecule has 0 radical (unpaired) electrons. The number of benzene rings is 1. The van der Waals surface area contributed by atoms with Crippen LogP contribution in [0.3, 0.4) is 0 Å². The van der Waals surface area contributed by atoms with E-state index in [2.05, 4.69) is 21.4 Å². The highest BCUT2D eigenvalue weighted by atomic mass is 32.2. The lowest BCUT2D eigenvalue weighted by atomic mass is 10.1. The Labute approximate surface area is 161 Å². The van der Waals surface area contributed by atoms with E-state index in [0.29, 0.717) is 18.7 Å². The summed E-state index contributed by atoms with van der Waals surface area (Å²) in [5, 5.41) is 4.91. The number of thioether (sulfide) groups is 1. The van der Waals surface area contributed by atoms with Crippen molar-refractivity contribution in [1.82, 2.24) is 19.9 Å². The Hall–Kier alpha value is -2.54. The van der Waals surface area contributed by atoms with Gasteiger partial charge in [-0.15, -0.1) is 0 Å². The van der Waals surface area contributed by atoms with Crippen molar-refractivity contribution in [2.45, 2.75) is 37.4 Å². The summed E-state index contributed by atoms with van der Waals surface area (Å²) >= 11 is 1.55. The van der Waals surface area contributed by atoms with Gasteiger partial charge in [0.15, 0.2) is 5.16 Å². The summed E-state index contributed by atoms with van der Waals surface area (Å²) in [7, 11) is 0. The van der Waals surface area contributed by atoms with Crippen LogP contribution in [0.5, 0.6) is 0 Å². The molecule has 0 fully saturated rings. The van der Waals surface area contributed by atoms with Crippen LogP contribution in [-0.4, -0.2) is 32.7 Å². The highest BCUT2D eigenvalue weighted by molar-refractivity contribution is 7.99. The van der Waals surface area contributed by atoms with E-state index in [9.17, 15) is 9.59 Å². The Balaban J connectivity index is 1.35. The zero-order valence-corrected chi connectivity index (χ0v) is 16.0. The molecule has 0 aliphatic carbocycles. The molecule has 2 N–H and O–H groups in total. The molecule has 1 aliphatic heterocycles. The van der Waals surface area contributed by atoms with Gasteiger partial charge in [-0.2, -0.15) is 0 Å². The first-order chi connectivity index (χ1) is 13.2. The smallest absolute Gasteiger partial charge is 0.254 e. The molecule has 1 amide bonds. The van der Waals surface area contributed by atoms with Crippen molar-refractivity contribution in [2.75, 3.05) is 12.3 Å². The van der Waals surface area contributed by atoms with Gasteiger partial charge in [-0.05, 0) is 24.5 Å². The summed E-state index contributed by atoms with van der Waals surface area (Å²) in [6.07, 6.45) is 3.81. The van der Waals surface area contributed by atoms with E-state index < -0.39 is 0 Å². The highest BCUT2D eigenvalue weighted by Crippen LogP contribution is 2.31. The summed E-state index contributed by atoms with van der Waals surface area (Å²) in [6, 6.07) is 9.61. The normalized spacial score (nSPS) is 15.8. The topological polar surface area (TPSA) is 79.8 Å². The van der Waals surface area contributed by atoms with Crippen LogP contribution in [0.1, 0.15) is 30.6 Å². The van der Waals surface area contributed by atoms with Crippen LogP contribution in [0, 0.1) is 0 Å². The van der Waals surface area contributed by atoms with Crippen LogP contribution in [0.25, 0.3) is 10.9 Å². The summed E-state index contributed by atoms with van der Waals surface area (Å²) in [5.41, 5.74) is 3.05. The zero-order chi connectivity index (χ0) is 18.8. The van der Waals surface area contributed by atoms with Crippen molar-refractivity contribution in [1.29, 1.82) is 0 Å². The third-order valence-corrected chi connectivity index (χ3v) is 6.02. The van der Waals surface area contributed by atoms with Crippen molar-refractivity contribution in [3.63, 3.8) is 0 Å². The molecule has 1 aromatic carbocycles. The fourth-order valence-corrected chi connectivity index (χ4v) is 4.66. The van der Waals surface area contributed by atoms with E-state index in [4.69, 9.17) is 0 Å². The molecule has 0 bridgehead atoms. The summed E-state index contributed by atoms with van der Waals surface area (Å²) < 4.78 is 1.67. The van der Waals surface area contributed by atoms with Crippen molar-refractivity contribution in [3.8, 4) is 0 Å². The van der Waals surface area contributed by atoms with Gasteiger partial charge in [-0.3, -0.25) is 14.2 Å². The number of amides is 1. The Morgan fingerprint density at radius 3 is 3.11 bits per heavy atom. The van der Waals surface area contributed by atoms with Gasteiger partial charge in [0.25, 0.3) is 5.56 Å². The lowest BCUT2D eigenvalue weighted by Gasteiger charge is -2.13. The number of aromatic amines is 1. The molecule has 140 valence electrons. The maximum atomic E-state index is 12.4. The predicted octanol–water partition coefficient (Wildman–Crippen LogP) is 2.68. The maximum Gasteiger partial charge on any atom is 0.254 e. The second-order valence-corrected chi connectivity index (χ2v) is 7.71. The molecular formula is C20H22N4O2S. The van der Waals surface area contributed by atoms with Crippen LogP contribution in [0.2, 0.25) is 0 Å². The Morgan fingerprint density at radius 1 is 1.41 bits per heavy atom. The number of carbonyl (C=O) groups excluding carboxylic acids is 1. The van der Waals surface area contributed by atoms with Crippen molar-refractivity contribution >= 4 is 28.6 Å². The molecule has 3 aromatic rings. The number of aromatic nitrogens is 3. The van der Waals surface area contributed by atoms with E-state index in [-0.39, 0.29) is 17.5 Å². The predicted molar refractivity (Wildman–Crippen MR) is 107 cm³/mol. The number of hydrogen-bond donors (Lipinski definition) is 2. The molecule has 4 rings (SSSR count). The lowest BCUT2D eigenvalue weighted by molar-refractivity contribution is -0.121. The SMILES string of the molecule is CCc1cc(=O)n2c(n1)SCC2CC(=O)NCCc1c[nH]c2ccccc12. The average Bonchev–Trinajstić information content (AvgIpc) is 3.26. The van der Waals surface area contributed by atoms with Crippen molar-refractivity contribution in [3.05, 3.63) is 58.1 Å². The average molecular weight is 382 g/mol. The number of fused-ring (bicyclic) bond motifs is 2. The van der Waals surface area contributed by atoms with Gasteiger partial charge in [-0.25, -0.2) is 4.98 Å². The first-order valence-corrected chi connectivity index (χ1v) is 10.2. The molecule has 1 aliphatic rings. The second kappa shape index (κ2) is 7.60. The van der Waals surface area contributed by atoms with Crippen LogP contribution in [0.4, 0.5) is 0 Å². The van der Waals surface area contributed by atoms with Gasteiger partial charge in [0, 0.05) is 47.6 Å². The van der Waals surface area contributed by atoms with Crippen molar-refractivity contribution < 1.29 is 4.79 Å². The third-order valence-electron chi connectivity index (χ3n) is 4.92. The third kappa shape index (κ3) is 3.64. The number of hydrogen-bond acceptors (Lipinski definition) is 4. The standard InChI is InChI=1S/C20H22N4O2S/c1-2-14-9-19(26)24-15(12-27-20(24)23-14)10-18(25)21-8-7-13-11-22-17-6-4-3-5-16(13)17/h3-6,9,11,15,22H,2,7-8,10,12H2,1H3,(H,21,25). The van der Waals surface area contributed by atoms with Crippen LogP contribution in [-0.2, 0) is 17.6 Å². The number of aryl methyl sites for hydroxylation is 1. The minimum atomic E-state index is -0.121. The molecule has 0 saturated carbocycles. The quantitative estimate of drug-likeness (QED) is 0.643. The summed E-state index contributed by atoms with van der Waals surface area (Å²) in [4.78, 5) is 32.5. The van der Waals surface area contributed by atoms with E-state index in [0.717, 1.165) is 29.2 Å². The fourth-order valence-electron chi connectivity index (χ4n) is 3.49. The molecule has 1 unspecified atom stereocenters. The number of nitrogens with zero attached hydrogens (tertiary/aromatic N) is 2. The highest BCUT2D eigenvalue weighted by Gasteiger charge is 2.27. The molecule has 0 spiro atoms. The fraction of sp³-hybridized carbons (Fsp3) is 0.350. The van der Waals surface area contributed by atoms with E-state index in [1.165, 1.54) is 10.9 Å². The number of para-hydroxylation sites is 1. The molecule has 7 heteroatoms. The molecule has 6 nitrogen and oxygen atoms in total. The number of H-pyrrole nitrogens is 1. The van der Waals surface area contributed by atoms with Crippen molar-refractivity contribution in [2.24, 2.45) is 0 Å². The van der Waals surface area contributed by atoms with Gasteiger partial charge in [-0.1, -0.05) is 36.9 Å². The molecule has 3 heterocycles. The largest absolute Gasteiger partial charge is 0.361 e. The Kier molecular flexibility index (Phi) is 5.03. The van der Waals surface area contributed by atoms with Crippen LogP contribution in [0.15, 0.2) is 46.5 Å².